The number of aryl methyl sites for hydroxylation is 2. The Morgan fingerprint density at radius 3 is 2.77 bits per heavy atom. The van der Waals surface area contributed by atoms with Crippen LogP contribution in [0.1, 0.15) is 30.0 Å². The fourth-order valence-electron chi connectivity index (χ4n) is 2.98. The van der Waals surface area contributed by atoms with E-state index in [-0.39, 0.29) is 16.2 Å². The van der Waals surface area contributed by atoms with Crippen LogP contribution in [-0.2, 0) is 23.5 Å². The van der Waals surface area contributed by atoms with Crippen LogP contribution in [0.15, 0.2) is 35.6 Å². The van der Waals surface area contributed by atoms with Gasteiger partial charge in [-0.1, -0.05) is 35.9 Å². The molecular formula is C15H18ClN3O2S. The summed E-state index contributed by atoms with van der Waals surface area (Å²) in [5.41, 5.74) is 2.29. The van der Waals surface area contributed by atoms with Crippen molar-refractivity contribution in [2.75, 3.05) is 7.05 Å². The molecule has 118 valence electrons. The molecule has 1 heterocycles. The van der Waals surface area contributed by atoms with Gasteiger partial charge in [-0.05, 0) is 30.4 Å². The van der Waals surface area contributed by atoms with Gasteiger partial charge in [-0.3, -0.25) is 0 Å². The molecule has 0 saturated heterocycles. The van der Waals surface area contributed by atoms with Gasteiger partial charge in [-0.15, -0.1) is 0 Å². The largest absolute Gasteiger partial charge is 0.324 e. The molecule has 0 fully saturated rings. The van der Waals surface area contributed by atoms with E-state index in [4.69, 9.17) is 11.6 Å². The van der Waals surface area contributed by atoms with Crippen LogP contribution < -0.4 is 0 Å². The number of fused-ring (bicyclic) bond motifs is 1. The van der Waals surface area contributed by atoms with Crippen molar-refractivity contribution in [3.63, 3.8) is 0 Å². The first-order valence-corrected chi connectivity index (χ1v) is 8.97. The topological polar surface area (TPSA) is 55.2 Å². The van der Waals surface area contributed by atoms with E-state index in [1.54, 1.807) is 14.1 Å². The van der Waals surface area contributed by atoms with E-state index in [1.165, 1.54) is 20.8 Å². The first-order valence-electron chi connectivity index (χ1n) is 7.15. The van der Waals surface area contributed by atoms with Crippen molar-refractivity contribution in [2.45, 2.75) is 30.3 Å². The molecule has 22 heavy (non-hydrogen) atoms. The summed E-state index contributed by atoms with van der Waals surface area (Å²) in [4.78, 5) is 3.96. The van der Waals surface area contributed by atoms with Gasteiger partial charge in [0.15, 0.2) is 0 Å². The minimum Gasteiger partial charge on any atom is -0.324 e. The first kappa shape index (κ1) is 15.5. The van der Waals surface area contributed by atoms with E-state index in [1.807, 2.05) is 18.2 Å². The Morgan fingerprint density at radius 1 is 1.36 bits per heavy atom. The third-order valence-electron chi connectivity index (χ3n) is 4.23. The lowest BCUT2D eigenvalue weighted by molar-refractivity contribution is 0.336. The van der Waals surface area contributed by atoms with Crippen LogP contribution in [0.5, 0.6) is 0 Å². The van der Waals surface area contributed by atoms with Gasteiger partial charge >= 0.3 is 0 Å². The number of imidazole rings is 1. The highest BCUT2D eigenvalue weighted by molar-refractivity contribution is 7.89. The fourth-order valence-corrected chi connectivity index (χ4v) is 4.73. The van der Waals surface area contributed by atoms with Crippen molar-refractivity contribution in [3.8, 4) is 0 Å². The summed E-state index contributed by atoms with van der Waals surface area (Å²) in [6.45, 7) is 0. The molecule has 5 nitrogen and oxygen atoms in total. The molecular weight excluding hydrogens is 322 g/mol. The summed E-state index contributed by atoms with van der Waals surface area (Å²) < 4.78 is 28.6. The predicted molar refractivity (Wildman–Crippen MR) is 85.3 cm³/mol. The molecule has 2 aromatic rings. The number of benzene rings is 1. The highest BCUT2D eigenvalue weighted by Gasteiger charge is 2.34. The third kappa shape index (κ3) is 2.45. The maximum absolute atomic E-state index is 12.8. The minimum absolute atomic E-state index is 0.0813. The van der Waals surface area contributed by atoms with E-state index in [9.17, 15) is 8.42 Å². The van der Waals surface area contributed by atoms with E-state index < -0.39 is 10.0 Å². The first-order chi connectivity index (χ1) is 10.4. The third-order valence-corrected chi connectivity index (χ3v) is 6.59. The molecule has 0 aliphatic heterocycles. The Labute approximate surface area is 135 Å². The average molecular weight is 340 g/mol. The SMILES string of the molecule is CN(C1CCCc2ccccc21)S(=O)(=O)c1ncn(C)c1Cl. The highest BCUT2D eigenvalue weighted by Crippen LogP contribution is 2.36. The quantitative estimate of drug-likeness (QED) is 0.864. The van der Waals surface area contributed by atoms with Gasteiger partial charge in [0.05, 0.1) is 12.4 Å². The fraction of sp³-hybridized carbons (Fsp3) is 0.400. The molecule has 0 bridgehead atoms. The number of hydrogen-bond acceptors (Lipinski definition) is 3. The Bertz CT molecular complexity index is 801. The second-order valence-electron chi connectivity index (χ2n) is 5.58. The summed E-state index contributed by atoms with van der Waals surface area (Å²) in [5, 5.41) is 0.0539. The predicted octanol–water partition coefficient (Wildman–Crippen LogP) is 2.77. The number of halogens is 1. The molecule has 0 spiro atoms. The molecule has 1 aliphatic carbocycles. The molecule has 1 unspecified atom stereocenters. The zero-order valence-electron chi connectivity index (χ0n) is 12.5. The van der Waals surface area contributed by atoms with Gasteiger partial charge in [-0.25, -0.2) is 13.4 Å². The lowest BCUT2D eigenvalue weighted by Crippen LogP contribution is -2.33. The van der Waals surface area contributed by atoms with Crippen LogP contribution in [0.2, 0.25) is 5.15 Å². The number of hydrogen-bond donors (Lipinski definition) is 0. The van der Waals surface area contributed by atoms with Crippen LogP contribution in [-0.4, -0.2) is 29.3 Å². The monoisotopic (exact) mass is 339 g/mol. The lowest BCUT2D eigenvalue weighted by Gasteiger charge is -2.32. The second-order valence-corrected chi connectivity index (χ2v) is 7.85. The van der Waals surface area contributed by atoms with Crippen LogP contribution in [0.25, 0.3) is 0 Å². The normalized spacial score (nSPS) is 18.5. The molecule has 1 aromatic carbocycles. The summed E-state index contributed by atoms with van der Waals surface area (Å²) >= 11 is 6.07. The minimum atomic E-state index is -3.72. The maximum Gasteiger partial charge on any atom is 0.263 e. The van der Waals surface area contributed by atoms with Crippen molar-refractivity contribution in [2.24, 2.45) is 7.05 Å². The van der Waals surface area contributed by atoms with Crippen molar-refractivity contribution in [3.05, 3.63) is 46.9 Å². The summed E-state index contributed by atoms with van der Waals surface area (Å²) in [6, 6.07) is 7.84. The van der Waals surface area contributed by atoms with Crippen LogP contribution in [0.3, 0.4) is 0 Å². The average Bonchev–Trinajstić information content (AvgIpc) is 2.86. The van der Waals surface area contributed by atoms with Gasteiger partial charge in [0.1, 0.15) is 5.15 Å². The highest BCUT2D eigenvalue weighted by atomic mass is 35.5. The molecule has 1 aromatic heterocycles. The number of sulfonamides is 1. The molecule has 0 N–H and O–H groups in total. The van der Waals surface area contributed by atoms with E-state index in [0.29, 0.717) is 0 Å². The standard InChI is InChI=1S/C15H18ClN3O2S/c1-18-10-17-15(14(18)16)22(20,21)19(2)13-9-5-7-11-6-3-4-8-12(11)13/h3-4,6,8,10,13H,5,7,9H2,1-2H3. The Morgan fingerprint density at radius 2 is 2.09 bits per heavy atom. The molecule has 1 aliphatic rings. The number of rotatable bonds is 3. The summed E-state index contributed by atoms with van der Waals surface area (Å²) in [6.07, 6.45) is 4.18. The summed E-state index contributed by atoms with van der Waals surface area (Å²) in [7, 11) is -0.447. The van der Waals surface area contributed by atoms with Crippen LogP contribution in [0, 0.1) is 0 Å². The second kappa shape index (κ2) is 5.68. The van der Waals surface area contributed by atoms with Crippen molar-refractivity contribution >= 4 is 21.6 Å². The lowest BCUT2D eigenvalue weighted by atomic mass is 9.88. The Balaban J connectivity index is 2.01. The number of aromatic nitrogens is 2. The molecule has 7 heteroatoms. The Kier molecular flexibility index (Phi) is 4.01. The van der Waals surface area contributed by atoms with E-state index in [0.717, 1.165) is 24.8 Å². The zero-order chi connectivity index (χ0) is 15.9. The molecule has 3 rings (SSSR count). The van der Waals surface area contributed by atoms with Gasteiger partial charge in [0.25, 0.3) is 10.0 Å². The van der Waals surface area contributed by atoms with Crippen molar-refractivity contribution in [1.29, 1.82) is 0 Å². The van der Waals surface area contributed by atoms with Crippen LogP contribution in [0.4, 0.5) is 0 Å². The molecule has 0 amide bonds. The van der Waals surface area contributed by atoms with Gasteiger partial charge < -0.3 is 4.57 Å². The van der Waals surface area contributed by atoms with Crippen molar-refractivity contribution in [1.82, 2.24) is 13.9 Å². The molecule has 1 atom stereocenters. The van der Waals surface area contributed by atoms with Gasteiger partial charge in [0.2, 0.25) is 5.03 Å². The molecule has 0 radical (unpaired) electrons. The number of nitrogens with zero attached hydrogens (tertiary/aromatic N) is 3. The van der Waals surface area contributed by atoms with E-state index in [2.05, 4.69) is 11.1 Å². The smallest absolute Gasteiger partial charge is 0.263 e. The summed E-state index contributed by atoms with van der Waals surface area (Å²) in [5.74, 6) is 0. The van der Waals surface area contributed by atoms with Gasteiger partial charge in [-0.2, -0.15) is 4.31 Å². The zero-order valence-corrected chi connectivity index (χ0v) is 14.1. The Hall–Kier alpha value is -1.37. The maximum atomic E-state index is 12.8. The van der Waals surface area contributed by atoms with Crippen LogP contribution >= 0.6 is 11.6 Å². The molecule has 0 saturated carbocycles. The van der Waals surface area contributed by atoms with Crippen molar-refractivity contribution < 1.29 is 8.42 Å². The van der Waals surface area contributed by atoms with E-state index >= 15 is 0 Å². The van der Waals surface area contributed by atoms with Gasteiger partial charge in [0, 0.05) is 14.1 Å².